The Labute approximate surface area is 123 Å². The van der Waals surface area contributed by atoms with Crippen LogP contribution in [-0.4, -0.2) is 5.11 Å². The average molecular weight is 346 g/mol. The molecule has 0 saturated heterocycles. The molecule has 1 atom stereocenters. The Hall–Kier alpha value is -1.10. The average Bonchev–Trinajstić information content (AvgIpc) is 2.34. The molecule has 100 valence electrons. The SMILES string of the molecule is CC(O)c1cc(F)ccc1Oc1ccc(Cl)cc1Br. The van der Waals surface area contributed by atoms with Crippen LogP contribution in [0.4, 0.5) is 4.39 Å². The molecule has 0 saturated carbocycles. The van der Waals surface area contributed by atoms with Crippen LogP contribution in [0.3, 0.4) is 0 Å². The van der Waals surface area contributed by atoms with Gasteiger partial charge in [-0.1, -0.05) is 11.6 Å². The number of ether oxygens (including phenoxy) is 1. The molecular formula is C14H11BrClFO2. The number of benzene rings is 2. The molecule has 2 nitrogen and oxygen atoms in total. The van der Waals surface area contributed by atoms with E-state index in [2.05, 4.69) is 15.9 Å². The van der Waals surface area contributed by atoms with Crippen LogP contribution in [0.5, 0.6) is 11.5 Å². The van der Waals surface area contributed by atoms with Gasteiger partial charge in [0, 0.05) is 10.6 Å². The number of aliphatic hydroxyl groups excluding tert-OH is 1. The Morgan fingerprint density at radius 3 is 2.53 bits per heavy atom. The summed E-state index contributed by atoms with van der Waals surface area (Å²) in [5, 5.41) is 10.2. The molecule has 0 aromatic heterocycles. The molecule has 5 heteroatoms. The summed E-state index contributed by atoms with van der Waals surface area (Å²) >= 11 is 9.18. The second-order valence-electron chi connectivity index (χ2n) is 4.03. The third kappa shape index (κ3) is 3.47. The van der Waals surface area contributed by atoms with Gasteiger partial charge >= 0.3 is 0 Å². The van der Waals surface area contributed by atoms with Gasteiger partial charge in [-0.15, -0.1) is 0 Å². The van der Waals surface area contributed by atoms with E-state index in [1.54, 1.807) is 25.1 Å². The molecule has 0 heterocycles. The monoisotopic (exact) mass is 344 g/mol. The van der Waals surface area contributed by atoms with Crippen molar-refractivity contribution >= 4 is 27.5 Å². The van der Waals surface area contributed by atoms with Gasteiger partial charge in [0.1, 0.15) is 17.3 Å². The first-order valence-electron chi connectivity index (χ1n) is 5.58. The molecule has 1 N–H and O–H groups in total. The van der Waals surface area contributed by atoms with Crippen molar-refractivity contribution in [3.8, 4) is 11.5 Å². The normalized spacial score (nSPS) is 12.3. The maximum atomic E-state index is 13.2. The van der Waals surface area contributed by atoms with Gasteiger partial charge < -0.3 is 9.84 Å². The molecule has 0 radical (unpaired) electrons. The van der Waals surface area contributed by atoms with E-state index in [0.29, 0.717) is 26.6 Å². The highest BCUT2D eigenvalue weighted by molar-refractivity contribution is 9.10. The van der Waals surface area contributed by atoms with Crippen LogP contribution < -0.4 is 4.74 Å². The first-order valence-corrected chi connectivity index (χ1v) is 6.75. The summed E-state index contributed by atoms with van der Waals surface area (Å²) in [5.41, 5.74) is 0.391. The van der Waals surface area contributed by atoms with Gasteiger partial charge in [-0.25, -0.2) is 4.39 Å². The van der Waals surface area contributed by atoms with Gasteiger partial charge in [0.15, 0.2) is 0 Å². The standard InChI is InChI=1S/C14H11BrClFO2/c1-8(18)11-7-10(17)3-5-13(11)19-14-4-2-9(16)6-12(14)15/h2-8,18H,1H3. The van der Waals surface area contributed by atoms with Gasteiger partial charge in [0.05, 0.1) is 10.6 Å². The second kappa shape index (κ2) is 5.90. The summed E-state index contributed by atoms with van der Waals surface area (Å²) in [4.78, 5) is 0. The molecule has 2 rings (SSSR count). The van der Waals surface area contributed by atoms with Crippen LogP contribution in [-0.2, 0) is 0 Å². The quantitative estimate of drug-likeness (QED) is 0.840. The lowest BCUT2D eigenvalue weighted by Gasteiger charge is -2.14. The molecule has 1 unspecified atom stereocenters. The third-order valence-corrected chi connectivity index (χ3v) is 3.39. The molecule has 0 aliphatic heterocycles. The zero-order valence-corrected chi connectivity index (χ0v) is 12.4. The molecular weight excluding hydrogens is 335 g/mol. The maximum Gasteiger partial charge on any atom is 0.141 e. The van der Waals surface area contributed by atoms with Crippen molar-refractivity contribution in [2.75, 3.05) is 0 Å². The van der Waals surface area contributed by atoms with Gasteiger partial charge in [-0.3, -0.25) is 0 Å². The van der Waals surface area contributed by atoms with E-state index in [-0.39, 0.29) is 0 Å². The van der Waals surface area contributed by atoms with Crippen molar-refractivity contribution < 1.29 is 14.2 Å². The van der Waals surface area contributed by atoms with Crippen molar-refractivity contribution in [1.82, 2.24) is 0 Å². The largest absolute Gasteiger partial charge is 0.456 e. The van der Waals surface area contributed by atoms with E-state index in [1.165, 1.54) is 18.2 Å². The number of aliphatic hydroxyl groups is 1. The van der Waals surface area contributed by atoms with E-state index in [4.69, 9.17) is 16.3 Å². The Morgan fingerprint density at radius 1 is 1.21 bits per heavy atom. The molecule has 0 fully saturated rings. The highest BCUT2D eigenvalue weighted by atomic mass is 79.9. The van der Waals surface area contributed by atoms with Gasteiger partial charge in [-0.05, 0) is 59.3 Å². The van der Waals surface area contributed by atoms with Crippen LogP contribution in [0.25, 0.3) is 0 Å². The Balaban J connectivity index is 2.38. The fourth-order valence-corrected chi connectivity index (χ4v) is 2.38. The minimum Gasteiger partial charge on any atom is -0.456 e. The highest BCUT2D eigenvalue weighted by Crippen LogP contribution is 2.35. The Morgan fingerprint density at radius 2 is 1.89 bits per heavy atom. The van der Waals surface area contributed by atoms with Crippen LogP contribution in [0, 0.1) is 5.82 Å². The molecule has 0 bridgehead atoms. The molecule has 0 amide bonds. The lowest BCUT2D eigenvalue weighted by atomic mass is 10.1. The fourth-order valence-electron chi connectivity index (χ4n) is 1.62. The van der Waals surface area contributed by atoms with Crippen molar-refractivity contribution in [1.29, 1.82) is 0 Å². The predicted molar refractivity (Wildman–Crippen MR) is 76.3 cm³/mol. The molecule has 2 aromatic carbocycles. The van der Waals surface area contributed by atoms with Gasteiger partial charge in [0.25, 0.3) is 0 Å². The van der Waals surface area contributed by atoms with E-state index >= 15 is 0 Å². The summed E-state index contributed by atoms with van der Waals surface area (Å²) in [6, 6.07) is 9.10. The number of hydrogen-bond donors (Lipinski definition) is 1. The summed E-state index contributed by atoms with van der Waals surface area (Å²) in [6.07, 6.45) is -0.822. The maximum absolute atomic E-state index is 13.2. The summed E-state index contributed by atoms with van der Waals surface area (Å²) in [5.74, 6) is 0.524. The third-order valence-electron chi connectivity index (χ3n) is 2.54. The van der Waals surface area contributed by atoms with Crippen molar-refractivity contribution in [3.05, 3.63) is 57.3 Å². The summed E-state index contributed by atoms with van der Waals surface area (Å²) < 4.78 is 19.5. The predicted octanol–water partition coefficient (Wildman–Crippen LogP) is 5.09. The second-order valence-corrected chi connectivity index (χ2v) is 5.33. The van der Waals surface area contributed by atoms with Crippen LogP contribution in [0.15, 0.2) is 40.9 Å². The summed E-state index contributed by atoms with van der Waals surface area (Å²) in [7, 11) is 0. The smallest absolute Gasteiger partial charge is 0.141 e. The van der Waals surface area contributed by atoms with Crippen molar-refractivity contribution in [2.24, 2.45) is 0 Å². The fraction of sp³-hybridized carbons (Fsp3) is 0.143. The lowest BCUT2D eigenvalue weighted by molar-refractivity contribution is 0.195. The number of rotatable bonds is 3. The Bertz CT molecular complexity index is 602. The molecule has 2 aromatic rings. The number of halogens is 3. The van der Waals surface area contributed by atoms with E-state index in [0.717, 1.165) is 0 Å². The molecule has 0 aliphatic rings. The molecule has 19 heavy (non-hydrogen) atoms. The highest BCUT2D eigenvalue weighted by Gasteiger charge is 2.12. The van der Waals surface area contributed by atoms with E-state index < -0.39 is 11.9 Å². The zero-order chi connectivity index (χ0) is 14.0. The molecule has 0 spiro atoms. The minimum absolute atomic E-state index is 0.391. The first-order chi connectivity index (χ1) is 8.97. The van der Waals surface area contributed by atoms with Gasteiger partial charge in [-0.2, -0.15) is 0 Å². The molecule has 0 aliphatic carbocycles. The van der Waals surface area contributed by atoms with Crippen LogP contribution in [0.2, 0.25) is 5.02 Å². The number of hydrogen-bond acceptors (Lipinski definition) is 2. The lowest BCUT2D eigenvalue weighted by Crippen LogP contribution is -1.97. The van der Waals surface area contributed by atoms with E-state index in [1.807, 2.05) is 0 Å². The Kier molecular flexibility index (Phi) is 4.45. The van der Waals surface area contributed by atoms with E-state index in [9.17, 15) is 9.50 Å². The first kappa shape index (κ1) is 14.3. The topological polar surface area (TPSA) is 29.5 Å². The zero-order valence-electron chi connectivity index (χ0n) is 10.0. The summed E-state index contributed by atoms with van der Waals surface area (Å²) in [6.45, 7) is 1.55. The van der Waals surface area contributed by atoms with Crippen molar-refractivity contribution in [3.63, 3.8) is 0 Å². The van der Waals surface area contributed by atoms with Crippen molar-refractivity contribution in [2.45, 2.75) is 13.0 Å². The van der Waals surface area contributed by atoms with Crippen LogP contribution >= 0.6 is 27.5 Å². The minimum atomic E-state index is -0.822. The van der Waals surface area contributed by atoms with Crippen LogP contribution in [0.1, 0.15) is 18.6 Å². The van der Waals surface area contributed by atoms with Gasteiger partial charge in [0.2, 0.25) is 0 Å².